The van der Waals surface area contributed by atoms with Gasteiger partial charge in [0.1, 0.15) is 11.2 Å². The third kappa shape index (κ3) is 4.79. The third-order valence-corrected chi connectivity index (χ3v) is 10.1. The lowest BCUT2D eigenvalue weighted by molar-refractivity contribution is 0.670. The van der Waals surface area contributed by atoms with Gasteiger partial charge in [0, 0.05) is 58.8 Å². The van der Waals surface area contributed by atoms with Gasteiger partial charge in [0.15, 0.2) is 17.5 Å². The number of hydrogen-bond donors (Lipinski definition) is 0. The highest BCUT2D eigenvalue weighted by molar-refractivity contribution is 7.26. The number of furan rings is 1. The van der Waals surface area contributed by atoms with E-state index >= 15 is 0 Å². The van der Waals surface area contributed by atoms with Crippen LogP contribution in [0.4, 0.5) is 0 Å². The summed E-state index contributed by atoms with van der Waals surface area (Å²) in [5.74, 6) is 0.682. The maximum absolute atomic E-state index is 9.53. The first kappa shape index (κ1) is 23.0. The molecule has 3 heterocycles. The molecule has 10 aromatic rings. The molecule has 0 saturated carbocycles. The van der Waals surface area contributed by atoms with E-state index in [2.05, 4.69) is 0 Å². The predicted molar refractivity (Wildman–Crippen MR) is 207 cm³/mol. The van der Waals surface area contributed by atoms with Gasteiger partial charge in [-0.25, -0.2) is 15.0 Å². The number of benzene rings is 7. The van der Waals surface area contributed by atoms with E-state index in [4.69, 9.17) is 23.5 Å². The number of aromatic nitrogens is 3. The molecule has 0 bridgehead atoms. The summed E-state index contributed by atoms with van der Waals surface area (Å²) in [6, 6.07) is 39.3. The molecule has 0 saturated heterocycles. The van der Waals surface area contributed by atoms with Gasteiger partial charge in [-0.2, -0.15) is 0 Å². The maximum atomic E-state index is 9.53. The Morgan fingerprint density at radius 3 is 1.86 bits per heavy atom. The average molecular weight is 664 g/mol. The molecule has 0 aliphatic rings. The average Bonchev–Trinajstić information content (AvgIpc) is 3.83. The monoisotopic (exact) mass is 663 g/mol. The third-order valence-electron chi connectivity index (χ3n) is 8.88. The first-order valence-corrected chi connectivity index (χ1v) is 16.9. The molecule has 0 aliphatic heterocycles. The zero-order chi connectivity index (χ0) is 38.2. The van der Waals surface area contributed by atoms with Gasteiger partial charge in [-0.3, -0.25) is 0 Å². The largest absolute Gasteiger partial charge is 0.455 e. The van der Waals surface area contributed by atoms with E-state index in [-0.39, 0.29) is 69.6 Å². The summed E-state index contributed by atoms with van der Waals surface area (Å²) >= 11 is 1.56. The Morgan fingerprint density at radius 2 is 1.08 bits per heavy atom. The maximum Gasteiger partial charge on any atom is 0.164 e. The van der Waals surface area contributed by atoms with Gasteiger partial charge in [-0.15, -0.1) is 11.3 Å². The Morgan fingerprint density at radius 1 is 0.460 bits per heavy atom. The summed E-state index contributed by atoms with van der Waals surface area (Å²) in [5.41, 5.74) is 4.49. The van der Waals surface area contributed by atoms with Crippen molar-refractivity contribution in [3.05, 3.63) is 164 Å². The Labute approximate surface area is 300 Å². The molecule has 10 rings (SSSR count). The van der Waals surface area contributed by atoms with E-state index in [9.17, 15) is 4.11 Å². The van der Waals surface area contributed by atoms with Gasteiger partial charge in [-0.05, 0) is 29.3 Å². The minimum atomic E-state index is -0.331. The van der Waals surface area contributed by atoms with Crippen molar-refractivity contribution in [2.75, 3.05) is 0 Å². The van der Waals surface area contributed by atoms with Crippen molar-refractivity contribution < 1.29 is 12.6 Å². The van der Waals surface area contributed by atoms with Crippen molar-refractivity contribution in [1.82, 2.24) is 15.0 Å². The molecule has 0 atom stereocenters. The fourth-order valence-electron chi connectivity index (χ4n) is 6.44. The molecule has 0 radical (unpaired) electrons. The first-order valence-electron chi connectivity index (χ1n) is 19.1. The summed E-state index contributed by atoms with van der Waals surface area (Å²) in [7, 11) is 0. The zero-order valence-corrected chi connectivity index (χ0v) is 27.1. The highest BCUT2D eigenvalue weighted by atomic mass is 32.1. The standard InChI is InChI=1S/C45H27N3OS/c1-3-11-28(12-4-1)29-21-23-31(24-22-29)44-46-43(30-13-5-2-6-14-30)47-45(48-44)32-25-26-33-35-16-9-17-36(41(35)49-39(33)27-32)38-19-10-18-37-34-15-7-8-20-40(34)50-42(37)38/h1-27H/i9D,16D,17D,25D,26D,27D. The van der Waals surface area contributed by atoms with E-state index in [0.29, 0.717) is 33.9 Å². The Balaban J connectivity index is 1.22. The van der Waals surface area contributed by atoms with Crippen LogP contribution in [0.25, 0.3) is 98.5 Å². The molecule has 5 heteroatoms. The van der Waals surface area contributed by atoms with Crippen LogP contribution < -0.4 is 0 Å². The van der Waals surface area contributed by atoms with Gasteiger partial charge in [0.2, 0.25) is 0 Å². The fraction of sp³-hybridized carbons (Fsp3) is 0. The van der Waals surface area contributed by atoms with Crippen molar-refractivity contribution in [2.45, 2.75) is 0 Å². The molecular formula is C45H27N3OS. The highest BCUT2D eigenvalue weighted by Gasteiger charge is 2.18. The molecular weight excluding hydrogens is 631 g/mol. The van der Waals surface area contributed by atoms with Crippen molar-refractivity contribution in [3.63, 3.8) is 0 Å². The smallest absolute Gasteiger partial charge is 0.164 e. The van der Waals surface area contributed by atoms with Gasteiger partial charge in [-0.1, -0.05) is 145 Å². The summed E-state index contributed by atoms with van der Waals surface area (Å²) in [6.45, 7) is 0. The molecule has 0 amide bonds. The SMILES string of the molecule is [2H]c1c([2H])c([2H])c2c(oc3c([2H])c(-c4nc(-c5ccccc5)nc(-c5ccc(-c6ccccc6)cc5)n4)c([2H])c([2H])c32)c1-c1cccc2c1sc1ccccc12. The van der Waals surface area contributed by atoms with Crippen molar-refractivity contribution in [1.29, 1.82) is 0 Å². The lowest BCUT2D eigenvalue weighted by atomic mass is 10.00. The van der Waals surface area contributed by atoms with Crippen LogP contribution in [0.2, 0.25) is 0 Å². The first-order chi connectivity index (χ1) is 27.3. The van der Waals surface area contributed by atoms with Crippen LogP contribution in [0.15, 0.2) is 168 Å². The summed E-state index contributed by atoms with van der Waals surface area (Å²) in [5, 5.41) is 2.23. The van der Waals surface area contributed by atoms with Crippen molar-refractivity contribution >= 4 is 53.4 Å². The Hall–Kier alpha value is -6.43. The summed E-state index contributed by atoms with van der Waals surface area (Å²) in [4.78, 5) is 14.4. The lowest BCUT2D eigenvalue weighted by Gasteiger charge is -2.09. The van der Waals surface area contributed by atoms with Gasteiger partial charge >= 0.3 is 0 Å². The molecule has 50 heavy (non-hydrogen) atoms. The molecule has 0 aliphatic carbocycles. The minimum Gasteiger partial charge on any atom is -0.455 e. The van der Waals surface area contributed by atoms with Crippen LogP contribution in [0, 0.1) is 0 Å². The van der Waals surface area contributed by atoms with E-state index in [1.165, 1.54) is 0 Å². The predicted octanol–water partition coefficient (Wildman–Crippen LogP) is 12.5. The molecule has 3 aromatic heterocycles. The number of nitrogens with zero attached hydrogens (tertiary/aromatic N) is 3. The number of para-hydroxylation sites is 1. The van der Waals surface area contributed by atoms with Crippen LogP contribution in [0.1, 0.15) is 8.22 Å². The number of hydrogen-bond acceptors (Lipinski definition) is 5. The minimum absolute atomic E-state index is 0.0237. The topological polar surface area (TPSA) is 51.8 Å². The summed E-state index contributed by atoms with van der Waals surface area (Å²) in [6.07, 6.45) is 0. The number of fused-ring (bicyclic) bond motifs is 6. The summed E-state index contributed by atoms with van der Waals surface area (Å²) < 4.78 is 63.6. The van der Waals surface area contributed by atoms with E-state index in [1.807, 2.05) is 127 Å². The Bertz CT molecular complexity index is 3200. The van der Waals surface area contributed by atoms with E-state index in [1.54, 1.807) is 11.3 Å². The van der Waals surface area contributed by atoms with Crippen LogP contribution >= 0.6 is 11.3 Å². The van der Waals surface area contributed by atoms with Crippen molar-refractivity contribution in [3.8, 4) is 56.4 Å². The second kappa shape index (κ2) is 11.6. The molecule has 0 spiro atoms. The normalized spacial score (nSPS) is 13.3. The molecule has 234 valence electrons. The van der Waals surface area contributed by atoms with Crippen LogP contribution in [0.5, 0.6) is 0 Å². The van der Waals surface area contributed by atoms with Crippen molar-refractivity contribution in [2.24, 2.45) is 0 Å². The lowest BCUT2D eigenvalue weighted by Crippen LogP contribution is -2.00. The van der Waals surface area contributed by atoms with Crippen LogP contribution in [0.3, 0.4) is 0 Å². The van der Waals surface area contributed by atoms with Gasteiger partial charge < -0.3 is 4.42 Å². The molecule has 4 nitrogen and oxygen atoms in total. The second-order valence-corrected chi connectivity index (χ2v) is 13.0. The molecule has 0 unspecified atom stereocenters. The molecule has 0 N–H and O–H groups in total. The molecule has 7 aromatic carbocycles. The fourth-order valence-corrected chi connectivity index (χ4v) is 7.66. The van der Waals surface area contributed by atoms with Gasteiger partial charge in [0.05, 0.1) is 8.22 Å². The Kier molecular flexibility index (Phi) is 5.35. The van der Waals surface area contributed by atoms with Gasteiger partial charge in [0.25, 0.3) is 0 Å². The zero-order valence-electron chi connectivity index (χ0n) is 32.3. The van der Waals surface area contributed by atoms with Crippen LogP contribution in [-0.2, 0) is 0 Å². The number of rotatable bonds is 5. The van der Waals surface area contributed by atoms with Crippen LogP contribution in [-0.4, -0.2) is 15.0 Å². The quantitative estimate of drug-likeness (QED) is 0.184. The highest BCUT2D eigenvalue weighted by Crippen LogP contribution is 2.43. The van der Waals surface area contributed by atoms with E-state index < -0.39 is 0 Å². The molecule has 0 fully saturated rings. The van der Waals surface area contributed by atoms with E-state index in [0.717, 1.165) is 31.3 Å². The second-order valence-electron chi connectivity index (χ2n) is 11.9. The number of thiophene rings is 1.